The molecule has 1 radical (unpaired) electrons. The molecule has 101 valence electrons. The second kappa shape index (κ2) is 4.84. The van der Waals surface area contributed by atoms with Crippen molar-refractivity contribution in [2.75, 3.05) is 5.73 Å². The first-order valence-corrected chi connectivity index (χ1v) is 6.29. The number of amides is 1. The lowest BCUT2D eigenvalue weighted by Crippen LogP contribution is -2.47. The quantitative estimate of drug-likeness (QED) is 0.587. The third-order valence-electron chi connectivity index (χ3n) is 2.84. The highest BCUT2D eigenvalue weighted by atomic mass is 32.1. The lowest BCUT2D eigenvalue weighted by Gasteiger charge is -2.34. The Morgan fingerprint density at radius 3 is 2.63 bits per heavy atom. The summed E-state index contributed by atoms with van der Waals surface area (Å²) < 4.78 is 0. The Morgan fingerprint density at radius 1 is 1.58 bits per heavy atom. The molecule has 8 nitrogen and oxygen atoms in total. The van der Waals surface area contributed by atoms with Gasteiger partial charge in [-0.2, -0.15) is 0 Å². The van der Waals surface area contributed by atoms with Gasteiger partial charge >= 0.3 is 5.97 Å². The molecule has 1 fully saturated rings. The van der Waals surface area contributed by atoms with Crippen molar-refractivity contribution in [3.63, 3.8) is 0 Å². The van der Waals surface area contributed by atoms with Gasteiger partial charge in [0.15, 0.2) is 10.8 Å². The molecule has 0 unspecified atom stereocenters. The van der Waals surface area contributed by atoms with E-state index in [-0.39, 0.29) is 16.5 Å². The number of nitrogens with two attached hydrogens (primary N) is 1. The lowest BCUT2D eigenvalue weighted by molar-refractivity contribution is -0.178. The van der Waals surface area contributed by atoms with E-state index in [2.05, 4.69) is 10.1 Å². The Hall–Kier alpha value is -2.16. The topological polar surface area (TPSA) is 139 Å². The number of aliphatic carboxylic acids is 1. The number of oxime groups is 1. The molecule has 0 saturated heterocycles. The second-order valence-electron chi connectivity index (χ2n) is 4.08. The number of carboxylic acid groups (broad SMARTS) is 1. The van der Waals surface area contributed by atoms with E-state index in [9.17, 15) is 9.59 Å². The molecule has 1 heterocycles. The van der Waals surface area contributed by atoms with Crippen LogP contribution in [-0.4, -0.2) is 33.3 Å². The molecule has 1 aromatic heterocycles. The summed E-state index contributed by atoms with van der Waals surface area (Å²) in [5.74, 6) is -2.23. The molecule has 9 heteroatoms. The maximum Gasteiger partial charge on any atom is 0.350 e. The highest BCUT2D eigenvalue weighted by Crippen LogP contribution is 2.36. The van der Waals surface area contributed by atoms with Gasteiger partial charge in [0.2, 0.25) is 5.60 Å². The Balaban J connectivity index is 2.23. The van der Waals surface area contributed by atoms with Crippen LogP contribution in [0, 0.1) is 0 Å². The van der Waals surface area contributed by atoms with Crippen molar-refractivity contribution in [1.29, 1.82) is 0 Å². The predicted molar refractivity (Wildman–Crippen MR) is 66.5 cm³/mol. The summed E-state index contributed by atoms with van der Waals surface area (Å²) in [5, 5.41) is 14.2. The van der Waals surface area contributed by atoms with Crippen molar-refractivity contribution in [2.45, 2.75) is 24.9 Å². The molecule has 0 aliphatic heterocycles. The summed E-state index contributed by atoms with van der Waals surface area (Å²) in [6.07, 6.45) is 1.37. The largest absolute Gasteiger partial charge is 0.478 e. The van der Waals surface area contributed by atoms with Crippen molar-refractivity contribution >= 4 is 34.1 Å². The van der Waals surface area contributed by atoms with E-state index in [0.717, 1.165) is 17.8 Å². The summed E-state index contributed by atoms with van der Waals surface area (Å²) in [5.41, 5.74) is 10.9. The number of rotatable bonds is 5. The number of aromatic nitrogens is 1. The van der Waals surface area contributed by atoms with Gasteiger partial charge in [0.05, 0.1) is 0 Å². The highest BCUT2D eigenvalue weighted by molar-refractivity contribution is 7.13. The van der Waals surface area contributed by atoms with Crippen LogP contribution < -0.4 is 11.5 Å². The number of nitrogen functional groups attached to an aromatic ring is 1. The van der Waals surface area contributed by atoms with Gasteiger partial charge in [0.1, 0.15) is 5.69 Å². The number of carbonyl (C=O) groups excluding carboxylic acids is 1. The fourth-order valence-corrected chi connectivity index (χ4v) is 2.12. The summed E-state index contributed by atoms with van der Waals surface area (Å²) in [6, 6.07) is 0. The van der Waals surface area contributed by atoms with Crippen molar-refractivity contribution in [3.8, 4) is 0 Å². The molecule has 1 saturated carbocycles. The molecule has 0 spiro atoms. The normalized spacial score (nSPS) is 17.6. The van der Waals surface area contributed by atoms with Crippen LogP contribution in [0.3, 0.4) is 0 Å². The average Bonchev–Trinajstić information content (AvgIpc) is 2.67. The lowest BCUT2D eigenvalue weighted by atomic mass is 9.80. The fourth-order valence-electron chi connectivity index (χ4n) is 1.58. The van der Waals surface area contributed by atoms with Gasteiger partial charge in [-0.15, -0.1) is 11.3 Å². The minimum Gasteiger partial charge on any atom is -0.478 e. The minimum atomic E-state index is -1.39. The van der Waals surface area contributed by atoms with Crippen molar-refractivity contribution in [3.05, 3.63) is 11.1 Å². The van der Waals surface area contributed by atoms with Gasteiger partial charge in [0.25, 0.3) is 5.91 Å². The zero-order chi connectivity index (χ0) is 14.0. The number of nitrogens with one attached hydrogen (secondary N) is 1. The third kappa shape index (κ3) is 2.50. The van der Waals surface area contributed by atoms with E-state index in [4.69, 9.17) is 21.4 Å². The number of hydrogen-bond donors (Lipinski definition) is 2. The number of hydrogen-bond acceptors (Lipinski definition) is 7. The van der Waals surface area contributed by atoms with E-state index in [0.29, 0.717) is 12.8 Å². The highest BCUT2D eigenvalue weighted by Gasteiger charge is 2.48. The van der Waals surface area contributed by atoms with Crippen LogP contribution in [0.15, 0.2) is 10.5 Å². The van der Waals surface area contributed by atoms with Crippen LogP contribution in [-0.2, 0) is 14.4 Å². The SMILES string of the molecule is [NH]C(=O)C(=NOC1(C(=O)O)CCC1)c1csc(N)n1. The van der Waals surface area contributed by atoms with Gasteiger partial charge in [0, 0.05) is 18.2 Å². The molecule has 2 rings (SSSR count). The summed E-state index contributed by atoms with van der Waals surface area (Å²) in [7, 11) is 0. The van der Waals surface area contributed by atoms with Crippen LogP contribution in [0.2, 0.25) is 0 Å². The van der Waals surface area contributed by atoms with E-state index >= 15 is 0 Å². The maximum absolute atomic E-state index is 11.2. The smallest absolute Gasteiger partial charge is 0.350 e. The van der Waals surface area contributed by atoms with E-state index in [1.807, 2.05) is 0 Å². The van der Waals surface area contributed by atoms with Gasteiger partial charge < -0.3 is 15.7 Å². The molecule has 0 atom stereocenters. The zero-order valence-electron chi connectivity index (χ0n) is 9.75. The number of anilines is 1. The summed E-state index contributed by atoms with van der Waals surface area (Å²) >= 11 is 1.09. The van der Waals surface area contributed by atoms with Gasteiger partial charge in [-0.1, -0.05) is 5.16 Å². The predicted octanol–water partition coefficient (Wildman–Crippen LogP) is 0.263. The Morgan fingerprint density at radius 2 is 2.26 bits per heavy atom. The van der Waals surface area contributed by atoms with Gasteiger partial charge in [-0.25, -0.2) is 9.78 Å². The molecule has 0 bridgehead atoms. The monoisotopic (exact) mass is 283 g/mol. The third-order valence-corrected chi connectivity index (χ3v) is 3.52. The number of nitrogens with zero attached hydrogens (tertiary/aromatic N) is 2. The average molecular weight is 283 g/mol. The summed E-state index contributed by atoms with van der Waals surface area (Å²) in [6.45, 7) is 0. The minimum absolute atomic E-state index is 0.113. The molecule has 0 aromatic carbocycles. The number of thiazole rings is 1. The second-order valence-corrected chi connectivity index (χ2v) is 4.97. The van der Waals surface area contributed by atoms with Crippen LogP contribution in [0.25, 0.3) is 0 Å². The number of carbonyl (C=O) groups is 2. The Labute approximate surface area is 112 Å². The first-order valence-electron chi connectivity index (χ1n) is 5.41. The molecule has 1 amide bonds. The molecule has 1 aliphatic rings. The molecular formula is C10H11N4O4S. The van der Waals surface area contributed by atoms with Gasteiger partial charge in [-0.3, -0.25) is 10.5 Å². The van der Waals surface area contributed by atoms with Crippen molar-refractivity contribution in [2.24, 2.45) is 5.16 Å². The zero-order valence-corrected chi connectivity index (χ0v) is 10.6. The van der Waals surface area contributed by atoms with Crippen LogP contribution >= 0.6 is 11.3 Å². The maximum atomic E-state index is 11.2. The molecule has 1 aliphatic carbocycles. The Kier molecular flexibility index (Phi) is 3.38. The van der Waals surface area contributed by atoms with E-state index in [1.165, 1.54) is 5.38 Å². The molecule has 1 aromatic rings. The van der Waals surface area contributed by atoms with Crippen molar-refractivity contribution < 1.29 is 19.5 Å². The number of carboxylic acids is 1. The van der Waals surface area contributed by atoms with Crippen LogP contribution in [0.1, 0.15) is 25.0 Å². The summed E-state index contributed by atoms with van der Waals surface area (Å²) in [4.78, 5) is 31.1. The molecule has 19 heavy (non-hydrogen) atoms. The first kappa shape index (κ1) is 13.3. The molecular weight excluding hydrogens is 272 g/mol. The van der Waals surface area contributed by atoms with E-state index in [1.54, 1.807) is 0 Å². The van der Waals surface area contributed by atoms with Crippen LogP contribution in [0.4, 0.5) is 5.13 Å². The van der Waals surface area contributed by atoms with Crippen LogP contribution in [0.5, 0.6) is 0 Å². The van der Waals surface area contributed by atoms with E-state index < -0.39 is 17.5 Å². The first-order chi connectivity index (χ1) is 8.94. The molecule has 4 N–H and O–H groups in total. The standard InChI is InChI=1S/C10H11N4O4S/c11-7(15)6(5-4-19-9(12)13-5)14-18-10(8(16)17)2-1-3-10/h4,11H,1-3H2,(H2,12,13)(H,16,17). The van der Waals surface area contributed by atoms with Crippen molar-refractivity contribution in [1.82, 2.24) is 10.7 Å². The fraction of sp³-hybridized carbons (Fsp3) is 0.400. The van der Waals surface area contributed by atoms with Gasteiger partial charge in [-0.05, 0) is 6.42 Å². The Bertz CT molecular complexity index is 549.